The van der Waals surface area contributed by atoms with Crippen molar-refractivity contribution in [2.75, 3.05) is 11.9 Å². The third-order valence-corrected chi connectivity index (χ3v) is 4.76. The van der Waals surface area contributed by atoms with Crippen molar-refractivity contribution in [1.82, 2.24) is 19.8 Å². The molecular weight excluding hydrogens is 282 g/mol. The van der Waals surface area contributed by atoms with E-state index in [0.29, 0.717) is 5.92 Å². The van der Waals surface area contributed by atoms with Crippen LogP contribution < -0.4 is 5.32 Å². The normalized spacial score (nSPS) is 14.7. The highest BCUT2D eigenvalue weighted by Gasteiger charge is 2.29. The van der Waals surface area contributed by atoms with Gasteiger partial charge in [-0.25, -0.2) is 0 Å². The first kappa shape index (κ1) is 12.8. The molecule has 1 fully saturated rings. The highest BCUT2D eigenvalue weighted by atomic mass is 32.1. The molecule has 21 heavy (non-hydrogen) atoms. The van der Waals surface area contributed by atoms with E-state index < -0.39 is 0 Å². The van der Waals surface area contributed by atoms with Crippen LogP contribution in [-0.4, -0.2) is 26.4 Å². The van der Waals surface area contributed by atoms with Crippen LogP contribution in [0.4, 0.5) is 5.69 Å². The van der Waals surface area contributed by atoms with Crippen molar-refractivity contribution < 1.29 is 0 Å². The summed E-state index contributed by atoms with van der Waals surface area (Å²) in [4.78, 5) is 0.919. The molecule has 1 aromatic carbocycles. The van der Waals surface area contributed by atoms with Gasteiger partial charge in [-0.1, -0.05) is 29.5 Å². The third-order valence-electron chi connectivity index (χ3n) is 3.80. The molecule has 0 spiro atoms. The van der Waals surface area contributed by atoms with E-state index in [1.165, 1.54) is 24.1 Å². The average molecular weight is 299 g/mol. The van der Waals surface area contributed by atoms with Crippen LogP contribution >= 0.6 is 11.3 Å². The van der Waals surface area contributed by atoms with Gasteiger partial charge >= 0.3 is 0 Å². The molecule has 3 aromatic rings. The lowest BCUT2D eigenvalue weighted by Gasteiger charge is -2.07. The minimum atomic E-state index is 0.583. The molecule has 0 bridgehead atoms. The molecule has 0 aliphatic heterocycles. The Balaban J connectivity index is 1.44. The first-order valence-electron chi connectivity index (χ1n) is 7.32. The Bertz CT molecular complexity index is 771. The Morgan fingerprint density at radius 3 is 2.95 bits per heavy atom. The molecule has 0 radical (unpaired) electrons. The fraction of sp³-hybridized carbons (Fsp3) is 0.400. The van der Waals surface area contributed by atoms with E-state index >= 15 is 0 Å². The van der Waals surface area contributed by atoms with Gasteiger partial charge in [-0.05, 0) is 31.4 Å². The summed E-state index contributed by atoms with van der Waals surface area (Å²) < 4.78 is 1.94. The van der Waals surface area contributed by atoms with Gasteiger partial charge < -0.3 is 5.32 Å². The number of fused-ring (bicyclic) bond motifs is 1. The van der Waals surface area contributed by atoms with E-state index in [4.69, 9.17) is 0 Å². The number of aromatic nitrogens is 4. The van der Waals surface area contributed by atoms with E-state index in [1.54, 1.807) is 11.3 Å². The number of rotatable bonds is 5. The standard InChI is InChI=1S/C15H17N5S/c1-10-4-2-3-5-12(10)16-9-8-13-19-20-14(11-6-7-11)17-18-15(20)21-13/h2-5,11,16H,6-9H2,1H3. The van der Waals surface area contributed by atoms with Crippen LogP contribution in [0.15, 0.2) is 24.3 Å². The van der Waals surface area contributed by atoms with Gasteiger partial charge in [0, 0.05) is 24.6 Å². The molecule has 5 nitrogen and oxygen atoms in total. The molecule has 2 aromatic heterocycles. The van der Waals surface area contributed by atoms with Crippen LogP contribution in [-0.2, 0) is 6.42 Å². The Kier molecular flexibility index (Phi) is 3.11. The highest BCUT2D eigenvalue weighted by molar-refractivity contribution is 7.16. The average Bonchev–Trinajstić information content (AvgIpc) is 3.12. The minimum absolute atomic E-state index is 0.583. The van der Waals surface area contributed by atoms with E-state index in [1.807, 2.05) is 4.52 Å². The topological polar surface area (TPSA) is 55.1 Å². The Hall–Kier alpha value is -1.95. The van der Waals surface area contributed by atoms with Crippen molar-refractivity contribution in [2.24, 2.45) is 0 Å². The zero-order valence-electron chi connectivity index (χ0n) is 11.9. The maximum Gasteiger partial charge on any atom is 0.234 e. The number of nitrogens with zero attached hydrogens (tertiary/aromatic N) is 4. The maximum absolute atomic E-state index is 4.66. The summed E-state index contributed by atoms with van der Waals surface area (Å²) >= 11 is 1.64. The zero-order chi connectivity index (χ0) is 14.2. The monoisotopic (exact) mass is 299 g/mol. The molecule has 1 N–H and O–H groups in total. The molecule has 1 aliphatic rings. The van der Waals surface area contributed by atoms with E-state index in [2.05, 4.69) is 51.8 Å². The van der Waals surface area contributed by atoms with Gasteiger partial charge in [-0.3, -0.25) is 0 Å². The van der Waals surface area contributed by atoms with Crippen LogP contribution in [0, 0.1) is 6.92 Å². The van der Waals surface area contributed by atoms with Crippen LogP contribution in [0.2, 0.25) is 0 Å². The number of benzene rings is 1. The zero-order valence-corrected chi connectivity index (χ0v) is 12.7. The van der Waals surface area contributed by atoms with Gasteiger partial charge in [0.2, 0.25) is 4.96 Å². The molecule has 108 valence electrons. The highest BCUT2D eigenvalue weighted by Crippen LogP contribution is 2.39. The molecule has 2 heterocycles. The van der Waals surface area contributed by atoms with Gasteiger partial charge in [0.05, 0.1) is 0 Å². The molecule has 1 aliphatic carbocycles. The van der Waals surface area contributed by atoms with E-state index in [9.17, 15) is 0 Å². The summed E-state index contributed by atoms with van der Waals surface area (Å²) in [5, 5.41) is 17.7. The second-order valence-corrected chi connectivity index (χ2v) is 6.55. The predicted molar refractivity (Wildman–Crippen MR) is 84.0 cm³/mol. The fourth-order valence-corrected chi connectivity index (χ4v) is 3.28. The molecule has 0 atom stereocenters. The summed E-state index contributed by atoms with van der Waals surface area (Å²) in [6.07, 6.45) is 3.36. The largest absolute Gasteiger partial charge is 0.384 e. The van der Waals surface area contributed by atoms with Crippen molar-refractivity contribution in [2.45, 2.75) is 32.1 Å². The summed E-state index contributed by atoms with van der Waals surface area (Å²) in [7, 11) is 0. The van der Waals surface area contributed by atoms with Crippen molar-refractivity contribution in [3.8, 4) is 0 Å². The first-order valence-corrected chi connectivity index (χ1v) is 8.13. The number of nitrogens with one attached hydrogen (secondary N) is 1. The summed E-state index contributed by atoms with van der Waals surface area (Å²) in [5.41, 5.74) is 2.46. The molecule has 0 amide bonds. The van der Waals surface area contributed by atoms with E-state index in [0.717, 1.165) is 28.8 Å². The summed E-state index contributed by atoms with van der Waals surface area (Å²) in [6, 6.07) is 8.34. The van der Waals surface area contributed by atoms with Crippen LogP contribution in [0.3, 0.4) is 0 Å². The maximum atomic E-state index is 4.66. The summed E-state index contributed by atoms with van der Waals surface area (Å²) in [6.45, 7) is 3.00. The van der Waals surface area contributed by atoms with Crippen LogP contribution in [0.25, 0.3) is 4.96 Å². The second kappa shape index (κ2) is 5.11. The number of hydrogen-bond acceptors (Lipinski definition) is 5. The lowest BCUT2D eigenvalue weighted by molar-refractivity contribution is 0.800. The quantitative estimate of drug-likeness (QED) is 0.787. The SMILES string of the molecule is Cc1ccccc1NCCc1nn2c(C3CC3)nnc2s1. The minimum Gasteiger partial charge on any atom is -0.384 e. The Morgan fingerprint density at radius 1 is 1.29 bits per heavy atom. The Morgan fingerprint density at radius 2 is 2.14 bits per heavy atom. The molecule has 4 rings (SSSR count). The van der Waals surface area contributed by atoms with Gasteiger partial charge in [-0.2, -0.15) is 9.61 Å². The number of hydrogen-bond donors (Lipinski definition) is 1. The van der Waals surface area contributed by atoms with Gasteiger partial charge in [0.15, 0.2) is 5.82 Å². The third kappa shape index (κ3) is 2.51. The lowest BCUT2D eigenvalue weighted by Crippen LogP contribution is -2.06. The van der Waals surface area contributed by atoms with Crippen molar-refractivity contribution in [1.29, 1.82) is 0 Å². The smallest absolute Gasteiger partial charge is 0.234 e. The molecule has 0 unspecified atom stereocenters. The van der Waals surface area contributed by atoms with Crippen LogP contribution in [0.5, 0.6) is 0 Å². The van der Waals surface area contributed by atoms with Gasteiger partial charge in [-0.15, -0.1) is 10.2 Å². The predicted octanol–water partition coefficient (Wildman–Crippen LogP) is 3.03. The van der Waals surface area contributed by atoms with Crippen molar-refractivity contribution >= 4 is 22.0 Å². The number of aryl methyl sites for hydroxylation is 1. The summed E-state index contributed by atoms with van der Waals surface area (Å²) in [5.74, 6) is 1.62. The van der Waals surface area contributed by atoms with Crippen molar-refractivity contribution in [3.63, 3.8) is 0 Å². The second-order valence-electron chi connectivity index (χ2n) is 5.51. The molecule has 1 saturated carbocycles. The lowest BCUT2D eigenvalue weighted by atomic mass is 10.2. The van der Waals surface area contributed by atoms with Crippen LogP contribution in [0.1, 0.15) is 35.2 Å². The molecule has 6 heteroatoms. The van der Waals surface area contributed by atoms with Gasteiger partial charge in [0.25, 0.3) is 0 Å². The van der Waals surface area contributed by atoms with Crippen molar-refractivity contribution in [3.05, 3.63) is 40.7 Å². The first-order chi connectivity index (χ1) is 10.3. The van der Waals surface area contributed by atoms with E-state index in [-0.39, 0.29) is 0 Å². The fourth-order valence-electron chi connectivity index (χ4n) is 2.44. The molecular formula is C15H17N5S. The number of para-hydroxylation sites is 1. The molecule has 0 saturated heterocycles. The van der Waals surface area contributed by atoms with Gasteiger partial charge in [0.1, 0.15) is 5.01 Å². The Labute approximate surface area is 127 Å². The number of anilines is 1.